The van der Waals surface area contributed by atoms with Gasteiger partial charge in [0, 0.05) is 12.1 Å². The molecule has 0 saturated heterocycles. The quantitative estimate of drug-likeness (QED) is 0.828. The molecule has 2 N–H and O–H groups in total. The molecule has 0 aliphatic rings. The number of rotatable bonds is 3. The molecular formula is C11H7BrClFN2O3S. The Morgan fingerprint density at radius 1 is 1.35 bits per heavy atom. The van der Waals surface area contributed by atoms with Crippen LogP contribution in [0, 0.1) is 5.82 Å². The van der Waals surface area contributed by atoms with Crippen LogP contribution >= 0.6 is 27.5 Å². The minimum absolute atomic E-state index is 0.0539. The van der Waals surface area contributed by atoms with E-state index in [1.165, 1.54) is 18.2 Å². The van der Waals surface area contributed by atoms with Crippen LogP contribution in [-0.4, -0.2) is 13.4 Å². The van der Waals surface area contributed by atoms with Gasteiger partial charge in [-0.1, -0.05) is 11.6 Å². The molecule has 1 aromatic heterocycles. The number of nitrogens with two attached hydrogens (primary N) is 1. The summed E-state index contributed by atoms with van der Waals surface area (Å²) in [5.74, 6) is -0.409. The molecule has 20 heavy (non-hydrogen) atoms. The van der Waals surface area contributed by atoms with Gasteiger partial charge >= 0.3 is 0 Å². The zero-order chi connectivity index (χ0) is 14.9. The van der Waals surface area contributed by atoms with Gasteiger partial charge in [0.15, 0.2) is 0 Å². The number of hydrogen-bond donors (Lipinski definition) is 1. The molecule has 0 fully saturated rings. The van der Waals surface area contributed by atoms with Gasteiger partial charge in [-0.2, -0.15) is 0 Å². The van der Waals surface area contributed by atoms with E-state index in [-0.39, 0.29) is 21.5 Å². The molecule has 0 aliphatic heterocycles. The maximum Gasteiger partial charge on any atom is 0.239 e. The first-order chi connectivity index (χ1) is 9.27. The number of hydrogen-bond acceptors (Lipinski definition) is 4. The fourth-order valence-corrected chi connectivity index (χ4v) is 2.47. The molecule has 0 radical (unpaired) electrons. The number of ether oxygens (including phenoxy) is 1. The Hall–Kier alpha value is -1.22. The molecule has 0 bridgehead atoms. The molecule has 0 aliphatic carbocycles. The van der Waals surface area contributed by atoms with Crippen LogP contribution in [0.5, 0.6) is 11.6 Å². The number of primary sulfonamides is 1. The van der Waals surface area contributed by atoms with Gasteiger partial charge in [0.25, 0.3) is 0 Å². The lowest BCUT2D eigenvalue weighted by Crippen LogP contribution is -2.12. The molecule has 2 aromatic rings. The molecule has 9 heteroatoms. The zero-order valence-corrected chi connectivity index (χ0v) is 12.8. The van der Waals surface area contributed by atoms with Crippen molar-refractivity contribution in [3.8, 4) is 11.6 Å². The van der Waals surface area contributed by atoms with Gasteiger partial charge < -0.3 is 4.74 Å². The van der Waals surface area contributed by atoms with E-state index in [2.05, 4.69) is 20.9 Å². The van der Waals surface area contributed by atoms with Gasteiger partial charge in [-0.05, 0) is 28.1 Å². The number of aromatic nitrogens is 1. The van der Waals surface area contributed by atoms with Gasteiger partial charge in [0.1, 0.15) is 16.5 Å². The van der Waals surface area contributed by atoms with Crippen molar-refractivity contribution in [2.75, 3.05) is 0 Å². The molecular weight excluding hydrogens is 375 g/mol. The molecule has 1 aromatic carbocycles. The highest BCUT2D eigenvalue weighted by atomic mass is 79.9. The van der Waals surface area contributed by atoms with Crippen LogP contribution in [0.3, 0.4) is 0 Å². The fourth-order valence-electron chi connectivity index (χ4n) is 1.29. The van der Waals surface area contributed by atoms with Crippen LogP contribution in [0.25, 0.3) is 0 Å². The second-order valence-electron chi connectivity index (χ2n) is 3.68. The van der Waals surface area contributed by atoms with E-state index >= 15 is 0 Å². The van der Waals surface area contributed by atoms with Crippen molar-refractivity contribution in [1.82, 2.24) is 4.98 Å². The summed E-state index contributed by atoms with van der Waals surface area (Å²) in [6, 6.07) is 4.96. The number of nitrogens with zero attached hydrogens (tertiary/aromatic N) is 1. The van der Waals surface area contributed by atoms with Crippen molar-refractivity contribution in [2.24, 2.45) is 5.14 Å². The van der Waals surface area contributed by atoms with Crippen LogP contribution in [0.1, 0.15) is 0 Å². The van der Waals surface area contributed by atoms with Gasteiger partial charge in [-0.3, -0.25) is 0 Å². The van der Waals surface area contributed by atoms with Crippen LogP contribution < -0.4 is 9.88 Å². The lowest BCUT2D eigenvalue weighted by molar-refractivity contribution is 0.454. The summed E-state index contributed by atoms with van der Waals surface area (Å²) in [5.41, 5.74) is 0. The van der Waals surface area contributed by atoms with Gasteiger partial charge in [-0.25, -0.2) is 22.9 Å². The van der Waals surface area contributed by atoms with Crippen LogP contribution in [0.4, 0.5) is 4.39 Å². The fraction of sp³-hybridized carbons (Fsp3) is 0. The Balaban J connectivity index is 2.29. The van der Waals surface area contributed by atoms with Gasteiger partial charge in [0.05, 0.1) is 15.7 Å². The average molecular weight is 382 g/mol. The molecule has 0 spiro atoms. The minimum Gasteiger partial charge on any atom is -0.438 e. The largest absolute Gasteiger partial charge is 0.438 e. The van der Waals surface area contributed by atoms with E-state index in [1.807, 2.05) is 0 Å². The van der Waals surface area contributed by atoms with Gasteiger partial charge in [-0.15, -0.1) is 0 Å². The lowest BCUT2D eigenvalue weighted by atomic mass is 10.3. The third-order valence-electron chi connectivity index (χ3n) is 2.23. The summed E-state index contributed by atoms with van der Waals surface area (Å²) in [7, 11) is -3.82. The Bertz CT molecular complexity index is 753. The second kappa shape index (κ2) is 5.65. The summed E-state index contributed by atoms with van der Waals surface area (Å²) in [4.78, 5) is 3.63. The standard InChI is InChI=1S/C11H7BrClFN2O3S/c12-7-3-8(13)9(14)4-10(7)19-11-2-1-6(5-16-11)20(15,17)18/h1-5H,(H2,15,17,18). The molecule has 106 valence electrons. The van der Waals surface area contributed by atoms with E-state index in [1.54, 1.807) is 0 Å². The Kier molecular flexibility index (Phi) is 4.28. The van der Waals surface area contributed by atoms with Crippen molar-refractivity contribution in [1.29, 1.82) is 0 Å². The van der Waals surface area contributed by atoms with Crippen molar-refractivity contribution in [3.05, 3.63) is 45.8 Å². The molecule has 0 unspecified atom stereocenters. The minimum atomic E-state index is -3.82. The van der Waals surface area contributed by atoms with Crippen molar-refractivity contribution >= 4 is 37.6 Å². The molecule has 0 saturated carbocycles. The molecule has 0 atom stereocenters. The Labute approximate surface area is 127 Å². The molecule has 0 amide bonds. The normalized spacial score (nSPS) is 11.4. The van der Waals surface area contributed by atoms with Crippen LogP contribution in [0.15, 0.2) is 39.8 Å². The number of pyridine rings is 1. The summed E-state index contributed by atoms with van der Waals surface area (Å²) in [6.45, 7) is 0. The number of halogens is 3. The zero-order valence-electron chi connectivity index (χ0n) is 9.68. The van der Waals surface area contributed by atoms with E-state index < -0.39 is 15.8 Å². The first-order valence-corrected chi connectivity index (χ1v) is 7.80. The number of sulfonamides is 1. The number of benzene rings is 1. The van der Waals surface area contributed by atoms with E-state index in [0.29, 0.717) is 4.47 Å². The molecule has 2 rings (SSSR count). The Morgan fingerprint density at radius 2 is 2.05 bits per heavy atom. The summed E-state index contributed by atoms with van der Waals surface area (Å²) in [5, 5.41) is 4.89. The second-order valence-corrected chi connectivity index (χ2v) is 6.50. The monoisotopic (exact) mass is 380 g/mol. The smallest absolute Gasteiger partial charge is 0.239 e. The van der Waals surface area contributed by atoms with Gasteiger partial charge in [0.2, 0.25) is 15.9 Å². The van der Waals surface area contributed by atoms with Crippen LogP contribution in [-0.2, 0) is 10.0 Å². The molecule has 1 heterocycles. The summed E-state index contributed by atoms with van der Waals surface area (Å²) < 4.78 is 41.2. The Morgan fingerprint density at radius 3 is 2.60 bits per heavy atom. The molecule has 5 nitrogen and oxygen atoms in total. The van der Waals surface area contributed by atoms with E-state index in [0.717, 1.165) is 12.3 Å². The first-order valence-electron chi connectivity index (χ1n) is 5.08. The highest BCUT2D eigenvalue weighted by Crippen LogP contribution is 2.33. The third-order valence-corrected chi connectivity index (χ3v) is 4.03. The topological polar surface area (TPSA) is 82.3 Å². The average Bonchev–Trinajstić information content (AvgIpc) is 2.35. The van der Waals surface area contributed by atoms with Crippen LogP contribution in [0.2, 0.25) is 5.02 Å². The van der Waals surface area contributed by atoms with E-state index in [4.69, 9.17) is 21.5 Å². The maximum atomic E-state index is 13.3. The SMILES string of the molecule is NS(=O)(=O)c1ccc(Oc2cc(F)c(Cl)cc2Br)nc1. The summed E-state index contributed by atoms with van der Waals surface area (Å²) >= 11 is 8.77. The van der Waals surface area contributed by atoms with Crippen molar-refractivity contribution < 1.29 is 17.5 Å². The highest BCUT2D eigenvalue weighted by molar-refractivity contribution is 9.10. The highest BCUT2D eigenvalue weighted by Gasteiger charge is 2.11. The maximum absolute atomic E-state index is 13.3. The third kappa shape index (κ3) is 3.45. The van der Waals surface area contributed by atoms with E-state index in [9.17, 15) is 12.8 Å². The van der Waals surface area contributed by atoms with Crippen molar-refractivity contribution in [2.45, 2.75) is 4.90 Å². The predicted octanol–water partition coefficient (Wildman–Crippen LogP) is 3.08. The predicted molar refractivity (Wildman–Crippen MR) is 74.8 cm³/mol. The summed E-state index contributed by atoms with van der Waals surface area (Å²) in [6.07, 6.45) is 1.05. The van der Waals surface area contributed by atoms with Crippen molar-refractivity contribution in [3.63, 3.8) is 0 Å². The first kappa shape index (κ1) is 15.2. The lowest BCUT2D eigenvalue weighted by Gasteiger charge is -2.08.